The molecule has 0 aliphatic heterocycles. The molecular weight excluding hydrogens is 302 g/mol. The molecule has 0 unspecified atom stereocenters. The minimum absolute atomic E-state index is 0.184. The minimum atomic E-state index is -1.14. The summed E-state index contributed by atoms with van der Waals surface area (Å²) in [5, 5.41) is 12.5. The van der Waals surface area contributed by atoms with Crippen molar-refractivity contribution in [1.29, 1.82) is 0 Å². The first-order chi connectivity index (χ1) is 8.61. The molecule has 0 saturated heterocycles. The van der Waals surface area contributed by atoms with E-state index in [9.17, 15) is 4.79 Å². The Bertz CT molecular complexity index is 579. The number of hydrogen-bond donors (Lipinski definition) is 1. The molecule has 0 bridgehead atoms. The van der Waals surface area contributed by atoms with Gasteiger partial charge in [0.15, 0.2) is 0 Å². The predicted molar refractivity (Wildman–Crippen MR) is 67.3 cm³/mol. The van der Waals surface area contributed by atoms with Crippen LogP contribution < -0.4 is 0 Å². The van der Waals surface area contributed by atoms with Gasteiger partial charge in [-0.3, -0.25) is 0 Å². The van der Waals surface area contributed by atoms with Crippen molar-refractivity contribution in [2.24, 2.45) is 0 Å². The van der Waals surface area contributed by atoms with E-state index in [-0.39, 0.29) is 5.76 Å². The molecule has 0 radical (unpaired) electrons. The number of halogens is 1. The Kier molecular flexibility index (Phi) is 3.78. The largest absolute Gasteiger partial charge is 0.475 e. The monoisotopic (exact) mass is 311 g/mol. The number of carboxylic acid groups (broad SMARTS) is 1. The number of methoxy groups -OCH3 is 1. The third-order valence-corrected chi connectivity index (χ3v) is 2.86. The van der Waals surface area contributed by atoms with Crippen LogP contribution in [-0.4, -0.2) is 23.3 Å². The number of carbonyl (C=O) groups is 1. The highest BCUT2D eigenvalue weighted by molar-refractivity contribution is 9.10. The minimum Gasteiger partial charge on any atom is -0.475 e. The van der Waals surface area contributed by atoms with Crippen LogP contribution >= 0.6 is 15.9 Å². The van der Waals surface area contributed by atoms with Crippen LogP contribution in [0.1, 0.15) is 16.1 Å². The molecule has 6 heteroatoms. The molecule has 0 atom stereocenters. The number of benzene rings is 1. The number of aromatic carboxylic acids is 1. The lowest BCUT2D eigenvalue weighted by Gasteiger charge is -2.06. The highest BCUT2D eigenvalue weighted by atomic mass is 79.9. The molecule has 2 rings (SSSR count). The van der Waals surface area contributed by atoms with Crippen molar-refractivity contribution in [3.8, 4) is 11.3 Å². The van der Waals surface area contributed by atoms with Crippen molar-refractivity contribution >= 4 is 21.9 Å². The topological polar surface area (TPSA) is 72.6 Å². The van der Waals surface area contributed by atoms with Crippen molar-refractivity contribution < 1.29 is 19.2 Å². The van der Waals surface area contributed by atoms with Crippen LogP contribution in [0.4, 0.5) is 0 Å². The molecule has 1 N–H and O–H groups in total. The van der Waals surface area contributed by atoms with Gasteiger partial charge in [-0.25, -0.2) is 4.79 Å². The van der Waals surface area contributed by atoms with E-state index < -0.39 is 5.97 Å². The molecule has 1 aromatic carbocycles. The number of hydrogen-bond acceptors (Lipinski definition) is 4. The van der Waals surface area contributed by atoms with Gasteiger partial charge in [0.25, 0.3) is 0 Å². The lowest BCUT2D eigenvalue weighted by atomic mass is 10.1. The fourth-order valence-electron chi connectivity index (χ4n) is 1.59. The standard InChI is InChI=1S/C12H10BrNO4/c1-17-6-7-4-8(13)2-3-9(7)10-5-11(12(15)16)18-14-10/h2-5H,6H2,1H3,(H,15,16). The molecule has 0 aliphatic carbocycles. The van der Waals surface area contributed by atoms with E-state index in [0.717, 1.165) is 15.6 Å². The summed E-state index contributed by atoms with van der Waals surface area (Å²) in [6, 6.07) is 6.98. The molecule has 0 aliphatic rings. The van der Waals surface area contributed by atoms with Crippen LogP contribution in [0.2, 0.25) is 0 Å². The molecule has 0 spiro atoms. The van der Waals surface area contributed by atoms with Crippen LogP contribution in [0.3, 0.4) is 0 Å². The zero-order valence-electron chi connectivity index (χ0n) is 9.51. The van der Waals surface area contributed by atoms with Gasteiger partial charge in [-0.1, -0.05) is 27.2 Å². The van der Waals surface area contributed by atoms with Crippen LogP contribution in [0, 0.1) is 0 Å². The third-order valence-electron chi connectivity index (χ3n) is 2.36. The Morgan fingerprint density at radius 1 is 1.50 bits per heavy atom. The Hall–Kier alpha value is -1.66. The summed E-state index contributed by atoms with van der Waals surface area (Å²) in [6.07, 6.45) is 0. The van der Waals surface area contributed by atoms with Gasteiger partial charge in [0.2, 0.25) is 5.76 Å². The summed E-state index contributed by atoms with van der Waals surface area (Å²) in [7, 11) is 1.59. The second-order valence-corrected chi connectivity index (χ2v) is 4.53. The van der Waals surface area contributed by atoms with E-state index in [1.165, 1.54) is 6.07 Å². The average molecular weight is 312 g/mol. The van der Waals surface area contributed by atoms with E-state index in [0.29, 0.717) is 12.3 Å². The lowest BCUT2D eigenvalue weighted by molar-refractivity contribution is 0.0652. The van der Waals surface area contributed by atoms with E-state index >= 15 is 0 Å². The van der Waals surface area contributed by atoms with Gasteiger partial charge in [0.1, 0.15) is 5.69 Å². The second-order valence-electron chi connectivity index (χ2n) is 3.62. The number of rotatable bonds is 4. The van der Waals surface area contributed by atoms with Crippen LogP contribution in [0.15, 0.2) is 33.3 Å². The molecule has 18 heavy (non-hydrogen) atoms. The zero-order valence-corrected chi connectivity index (χ0v) is 11.1. The number of ether oxygens (including phenoxy) is 1. The molecule has 2 aromatic rings. The van der Waals surface area contributed by atoms with Gasteiger partial charge in [0, 0.05) is 23.2 Å². The molecule has 0 fully saturated rings. The lowest BCUT2D eigenvalue weighted by Crippen LogP contribution is -1.93. The highest BCUT2D eigenvalue weighted by Crippen LogP contribution is 2.27. The van der Waals surface area contributed by atoms with Crippen molar-refractivity contribution in [3.63, 3.8) is 0 Å². The first-order valence-electron chi connectivity index (χ1n) is 5.09. The first-order valence-corrected chi connectivity index (χ1v) is 5.89. The van der Waals surface area contributed by atoms with E-state index in [4.69, 9.17) is 14.4 Å². The first kappa shape index (κ1) is 12.8. The predicted octanol–water partition coefficient (Wildman–Crippen LogP) is 2.95. The molecule has 1 aromatic heterocycles. The SMILES string of the molecule is COCc1cc(Br)ccc1-c1cc(C(=O)O)on1. The van der Waals surface area contributed by atoms with Gasteiger partial charge >= 0.3 is 5.97 Å². The summed E-state index contributed by atoms with van der Waals surface area (Å²) < 4.78 is 10.8. The van der Waals surface area contributed by atoms with Crippen LogP contribution in [0.5, 0.6) is 0 Å². The van der Waals surface area contributed by atoms with Gasteiger partial charge < -0.3 is 14.4 Å². The van der Waals surface area contributed by atoms with Crippen molar-refractivity contribution in [2.45, 2.75) is 6.61 Å². The molecule has 94 valence electrons. The smallest absolute Gasteiger partial charge is 0.374 e. The quantitative estimate of drug-likeness (QED) is 0.939. The zero-order chi connectivity index (χ0) is 13.1. The Morgan fingerprint density at radius 3 is 2.89 bits per heavy atom. The maximum atomic E-state index is 10.7. The maximum Gasteiger partial charge on any atom is 0.374 e. The Morgan fingerprint density at radius 2 is 2.28 bits per heavy atom. The summed E-state index contributed by atoms with van der Waals surface area (Å²) in [5.41, 5.74) is 2.17. The molecule has 5 nitrogen and oxygen atoms in total. The number of nitrogens with zero attached hydrogens (tertiary/aromatic N) is 1. The molecule has 1 heterocycles. The molecule has 0 saturated carbocycles. The summed E-state index contributed by atoms with van der Waals surface area (Å²) in [6.45, 7) is 0.407. The fourth-order valence-corrected chi connectivity index (χ4v) is 2.00. The van der Waals surface area contributed by atoms with Crippen molar-refractivity contribution in [2.75, 3.05) is 7.11 Å². The van der Waals surface area contributed by atoms with Gasteiger partial charge in [-0.05, 0) is 17.7 Å². The third kappa shape index (κ3) is 2.60. The molecular formula is C12H10BrNO4. The fraction of sp³-hybridized carbons (Fsp3) is 0.167. The average Bonchev–Trinajstić information content (AvgIpc) is 2.79. The number of aromatic nitrogens is 1. The highest BCUT2D eigenvalue weighted by Gasteiger charge is 2.15. The maximum absolute atomic E-state index is 10.7. The molecule has 0 amide bonds. The van der Waals surface area contributed by atoms with Gasteiger partial charge in [-0.2, -0.15) is 0 Å². The summed E-state index contributed by atoms with van der Waals surface area (Å²) in [4.78, 5) is 10.7. The van der Waals surface area contributed by atoms with E-state index in [1.54, 1.807) is 7.11 Å². The normalized spacial score (nSPS) is 10.6. The van der Waals surface area contributed by atoms with Gasteiger partial charge in [0.05, 0.1) is 6.61 Å². The van der Waals surface area contributed by atoms with E-state index in [1.807, 2.05) is 18.2 Å². The Balaban J connectivity index is 2.45. The number of carboxylic acids is 1. The van der Waals surface area contributed by atoms with Crippen LogP contribution in [-0.2, 0) is 11.3 Å². The van der Waals surface area contributed by atoms with Crippen molar-refractivity contribution in [3.05, 3.63) is 40.1 Å². The summed E-state index contributed by atoms with van der Waals surface area (Å²) >= 11 is 3.37. The summed E-state index contributed by atoms with van der Waals surface area (Å²) in [5.74, 6) is -1.32. The van der Waals surface area contributed by atoms with E-state index in [2.05, 4.69) is 21.1 Å². The van der Waals surface area contributed by atoms with Gasteiger partial charge in [-0.15, -0.1) is 0 Å². The second kappa shape index (κ2) is 5.32. The van der Waals surface area contributed by atoms with Crippen LogP contribution in [0.25, 0.3) is 11.3 Å². The van der Waals surface area contributed by atoms with Crippen molar-refractivity contribution in [1.82, 2.24) is 5.16 Å². The Labute approximate surface area is 111 Å².